The van der Waals surface area contributed by atoms with Crippen LogP contribution in [0.5, 0.6) is 0 Å². The second kappa shape index (κ2) is 10.4. The van der Waals surface area contributed by atoms with Crippen LogP contribution in [0.25, 0.3) is 10.9 Å². The Bertz CT molecular complexity index is 1600. The molecule has 4 aromatic rings. The maximum Gasteiger partial charge on any atom is 0.264 e. The number of pyridine rings is 1. The Balaban J connectivity index is 1.25. The molecule has 1 fully saturated rings. The van der Waals surface area contributed by atoms with E-state index in [1.165, 1.54) is 36.5 Å². The molecule has 1 N–H and O–H groups in total. The number of hydrogen-bond donors (Lipinski definition) is 1. The average Bonchev–Trinajstić information content (AvgIpc) is 2.89. The number of nitrogens with zero attached hydrogens (tertiary/aromatic N) is 3. The fraction of sp³-hybridized carbons (Fsp3) is 0.185. The first-order valence-corrected chi connectivity index (χ1v) is 13.3. The molecule has 1 aliphatic heterocycles. The lowest BCUT2D eigenvalue weighted by molar-refractivity contribution is 0.0628. The molecule has 0 unspecified atom stereocenters. The Kier molecular flexibility index (Phi) is 7.04. The van der Waals surface area contributed by atoms with Crippen LogP contribution in [0.3, 0.4) is 0 Å². The zero-order chi connectivity index (χ0) is 26.9. The fourth-order valence-electron chi connectivity index (χ4n) is 4.48. The number of rotatable bonds is 6. The lowest BCUT2D eigenvalue weighted by Crippen LogP contribution is -2.48. The van der Waals surface area contributed by atoms with Crippen molar-refractivity contribution in [3.8, 4) is 0 Å². The van der Waals surface area contributed by atoms with Crippen LogP contribution in [0.2, 0.25) is 0 Å². The van der Waals surface area contributed by atoms with E-state index in [1.807, 2.05) is 4.90 Å². The van der Waals surface area contributed by atoms with Crippen LogP contribution in [0, 0.1) is 17.5 Å². The van der Waals surface area contributed by atoms with Crippen molar-refractivity contribution < 1.29 is 26.4 Å². The number of fused-ring (bicyclic) bond motifs is 1. The van der Waals surface area contributed by atoms with Crippen molar-refractivity contribution in [3.63, 3.8) is 0 Å². The third-order valence-electron chi connectivity index (χ3n) is 6.33. The number of carbonyl (C=O) groups excluding carboxylic acids is 1. The molecule has 0 atom stereocenters. The van der Waals surface area contributed by atoms with Crippen LogP contribution in [0.15, 0.2) is 77.8 Å². The molecular weight excluding hydrogens is 517 g/mol. The van der Waals surface area contributed by atoms with Gasteiger partial charge in [0.25, 0.3) is 15.9 Å². The minimum Gasteiger partial charge on any atom is -0.336 e. The molecule has 2 heterocycles. The molecule has 3 aromatic carbocycles. The largest absolute Gasteiger partial charge is 0.336 e. The third kappa shape index (κ3) is 5.48. The number of sulfonamides is 1. The summed E-state index contributed by atoms with van der Waals surface area (Å²) in [5, 5.41) is 0.625. The van der Waals surface area contributed by atoms with Gasteiger partial charge in [-0.3, -0.25) is 19.4 Å². The molecule has 0 radical (unpaired) electrons. The smallest absolute Gasteiger partial charge is 0.264 e. The van der Waals surface area contributed by atoms with Gasteiger partial charge in [0.2, 0.25) is 0 Å². The number of nitrogens with one attached hydrogen (secondary N) is 1. The number of amides is 1. The summed E-state index contributed by atoms with van der Waals surface area (Å²) >= 11 is 0. The van der Waals surface area contributed by atoms with Crippen LogP contribution < -0.4 is 4.72 Å². The van der Waals surface area contributed by atoms with Gasteiger partial charge in [0.1, 0.15) is 22.3 Å². The summed E-state index contributed by atoms with van der Waals surface area (Å²) in [6, 6.07) is 15.1. The highest BCUT2D eigenvalue weighted by Crippen LogP contribution is 2.25. The number of aromatic nitrogens is 1. The predicted molar refractivity (Wildman–Crippen MR) is 136 cm³/mol. The second-order valence-corrected chi connectivity index (χ2v) is 10.6. The van der Waals surface area contributed by atoms with E-state index in [0.717, 1.165) is 12.1 Å². The highest BCUT2D eigenvalue weighted by Gasteiger charge is 2.24. The van der Waals surface area contributed by atoms with Gasteiger partial charge in [0, 0.05) is 55.9 Å². The molecule has 7 nitrogen and oxygen atoms in total. The number of para-hydroxylation sites is 1. The van der Waals surface area contributed by atoms with Gasteiger partial charge in [-0.1, -0.05) is 18.2 Å². The van der Waals surface area contributed by atoms with Gasteiger partial charge >= 0.3 is 0 Å². The first kappa shape index (κ1) is 25.7. The number of benzene rings is 3. The number of carbonyl (C=O) groups is 1. The minimum atomic E-state index is -4.15. The summed E-state index contributed by atoms with van der Waals surface area (Å²) in [6.07, 6.45) is 1.48. The van der Waals surface area contributed by atoms with E-state index in [2.05, 4.69) is 9.71 Å². The standard InChI is InChI=1S/C27H23F3N4O3S/c28-21-13-18(14-22(29)16-21)17-33-9-11-34(12-10-33)27(35)20-6-7-24(23(30)15-20)32-38(36,37)25-5-1-3-19-4-2-8-31-26(19)25/h1-8,13-16,32H,9-12,17H2. The van der Waals surface area contributed by atoms with E-state index in [-0.39, 0.29) is 21.7 Å². The highest BCUT2D eigenvalue weighted by molar-refractivity contribution is 7.93. The summed E-state index contributed by atoms with van der Waals surface area (Å²) < 4.78 is 70.1. The summed E-state index contributed by atoms with van der Waals surface area (Å²) in [4.78, 5) is 20.5. The zero-order valence-electron chi connectivity index (χ0n) is 20.1. The van der Waals surface area contributed by atoms with Crippen molar-refractivity contribution in [2.75, 3.05) is 30.9 Å². The van der Waals surface area contributed by atoms with E-state index in [0.29, 0.717) is 43.7 Å². The SMILES string of the molecule is O=C(c1ccc(NS(=O)(=O)c2cccc3cccnc23)c(F)c1)N1CCN(Cc2cc(F)cc(F)c2)CC1. The number of piperazine rings is 1. The first-order chi connectivity index (χ1) is 18.2. The van der Waals surface area contributed by atoms with Crippen LogP contribution >= 0.6 is 0 Å². The molecular formula is C27H23F3N4O3S. The third-order valence-corrected chi connectivity index (χ3v) is 7.73. The fourth-order valence-corrected chi connectivity index (χ4v) is 5.72. The molecule has 1 aliphatic rings. The molecule has 196 valence electrons. The van der Waals surface area contributed by atoms with E-state index >= 15 is 0 Å². The van der Waals surface area contributed by atoms with Crippen molar-refractivity contribution in [2.45, 2.75) is 11.4 Å². The van der Waals surface area contributed by atoms with Gasteiger partial charge in [0.05, 0.1) is 11.2 Å². The Hall–Kier alpha value is -3.96. The molecule has 0 saturated carbocycles. The summed E-state index contributed by atoms with van der Waals surface area (Å²) in [6.45, 7) is 1.99. The van der Waals surface area contributed by atoms with Crippen LogP contribution in [0.1, 0.15) is 15.9 Å². The average molecular weight is 541 g/mol. The van der Waals surface area contributed by atoms with Crippen LogP contribution in [-0.2, 0) is 16.6 Å². The minimum absolute atomic E-state index is 0.0814. The Labute approximate surface area is 217 Å². The Morgan fingerprint density at radius 2 is 1.61 bits per heavy atom. The molecule has 0 bridgehead atoms. The molecule has 1 aromatic heterocycles. The van der Waals surface area contributed by atoms with Crippen LogP contribution in [-0.4, -0.2) is 55.3 Å². The van der Waals surface area contributed by atoms with E-state index in [1.54, 1.807) is 29.2 Å². The van der Waals surface area contributed by atoms with Crippen LogP contribution in [0.4, 0.5) is 18.9 Å². The molecule has 0 aliphatic carbocycles. The van der Waals surface area contributed by atoms with Gasteiger partial charge in [-0.15, -0.1) is 0 Å². The van der Waals surface area contributed by atoms with Crippen molar-refractivity contribution in [3.05, 3.63) is 102 Å². The normalized spacial score (nSPS) is 14.6. The lowest BCUT2D eigenvalue weighted by Gasteiger charge is -2.34. The van der Waals surface area contributed by atoms with Gasteiger partial charge in [-0.05, 0) is 48.0 Å². The summed E-state index contributed by atoms with van der Waals surface area (Å²) in [5.41, 5.74) is 0.553. The highest BCUT2D eigenvalue weighted by atomic mass is 32.2. The molecule has 5 rings (SSSR count). The van der Waals surface area contributed by atoms with E-state index in [9.17, 15) is 26.4 Å². The molecule has 38 heavy (non-hydrogen) atoms. The number of hydrogen-bond acceptors (Lipinski definition) is 5. The molecule has 1 amide bonds. The molecule has 11 heteroatoms. The van der Waals surface area contributed by atoms with E-state index < -0.39 is 33.4 Å². The summed E-state index contributed by atoms with van der Waals surface area (Å²) in [7, 11) is -4.15. The zero-order valence-corrected chi connectivity index (χ0v) is 20.9. The molecule has 1 saturated heterocycles. The second-order valence-electron chi connectivity index (χ2n) is 8.98. The topological polar surface area (TPSA) is 82.6 Å². The quantitative estimate of drug-likeness (QED) is 0.392. The summed E-state index contributed by atoms with van der Waals surface area (Å²) in [5.74, 6) is -2.57. The van der Waals surface area contributed by atoms with E-state index in [4.69, 9.17) is 0 Å². The van der Waals surface area contributed by atoms with Crippen molar-refractivity contribution in [1.82, 2.24) is 14.8 Å². The number of anilines is 1. The monoisotopic (exact) mass is 540 g/mol. The number of halogens is 3. The lowest BCUT2D eigenvalue weighted by atomic mass is 10.1. The Morgan fingerprint density at radius 3 is 2.32 bits per heavy atom. The van der Waals surface area contributed by atoms with Gasteiger partial charge in [-0.25, -0.2) is 21.6 Å². The van der Waals surface area contributed by atoms with Gasteiger partial charge < -0.3 is 4.90 Å². The first-order valence-electron chi connectivity index (χ1n) is 11.8. The van der Waals surface area contributed by atoms with Crippen molar-refractivity contribution in [1.29, 1.82) is 0 Å². The van der Waals surface area contributed by atoms with Gasteiger partial charge in [0.15, 0.2) is 0 Å². The predicted octanol–water partition coefficient (Wildman–Crippen LogP) is 4.41. The van der Waals surface area contributed by atoms with Crippen molar-refractivity contribution >= 4 is 32.5 Å². The van der Waals surface area contributed by atoms with Crippen molar-refractivity contribution in [2.24, 2.45) is 0 Å². The maximum absolute atomic E-state index is 14.9. The maximum atomic E-state index is 14.9. The Morgan fingerprint density at radius 1 is 0.895 bits per heavy atom. The molecule has 0 spiro atoms. The van der Waals surface area contributed by atoms with Gasteiger partial charge in [-0.2, -0.15) is 0 Å².